The molecule has 0 unspecified atom stereocenters. The summed E-state index contributed by atoms with van der Waals surface area (Å²) in [5.74, 6) is 0.447. The van der Waals surface area contributed by atoms with Crippen LogP contribution in [0.1, 0.15) is 0 Å². The number of benzene rings is 2. The fraction of sp³-hybridized carbons (Fsp3) is 0. The Bertz CT molecular complexity index is 903. The number of hydrogen-bond donors (Lipinski definition) is 1. The molecule has 0 fully saturated rings. The van der Waals surface area contributed by atoms with E-state index in [1.54, 1.807) is 66.9 Å². The van der Waals surface area contributed by atoms with E-state index in [-0.39, 0.29) is 5.56 Å². The van der Waals surface area contributed by atoms with Crippen LogP contribution in [-0.2, 0) is 0 Å². The van der Waals surface area contributed by atoms with Crippen LogP contribution in [0.4, 0.5) is 10.5 Å². The lowest BCUT2D eigenvalue weighted by molar-refractivity contribution is 0.215. The Morgan fingerprint density at radius 3 is 2.33 bits per heavy atom. The van der Waals surface area contributed by atoms with E-state index in [0.717, 1.165) is 4.47 Å². The lowest BCUT2D eigenvalue weighted by atomic mass is 10.2. The van der Waals surface area contributed by atoms with Crippen molar-refractivity contribution in [2.75, 3.05) is 5.32 Å². The van der Waals surface area contributed by atoms with Gasteiger partial charge in [-0.25, -0.2) is 4.79 Å². The Morgan fingerprint density at radius 1 is 0.958 bits per heavy atom. The lowest BCUT2D eigenvalue weighted by Crippen LogP contribution is -2.17. The van der Waals surface area contributed by atoms with Crippen LogP contribution >= 0.6 is 15.9 Å². The summed E-state index contributed by atoms with van der Waals surface area (Å²) in [6.07, 6.45) is 1.11. The predicted molar refractivity (Wildman–Crippen MR) is 95.8 cm³/mol. The van der Waals surface area contributed by atoms with Gasteiger partial charge in [0.2, 0.25) is 0 Å². The van der Waals surface area contributed by atoms with Crippen molar-refractivity contribution in [2.45, 2.75) is 0 Å². The summed E-state index contributed by atoms with van der Waals surface area (Å²) in [5.41, 5.74) is 1.17. The van der Waals surface area contributed by atoms with Gasteiger partial charge in [0.1, 0.15) is 5.75 Å². The molecule has 1 N–H and O–H groups in total. The monoisotopic (exact) mass is 384 g/mol. The quantitative estimate of drug-likeness (QED) is 0.735. The molecule has 0 bridgehead atoms. The molecular formula is C18H13BrN2O3. The summed E-state index contributed by atoms with van der Waals surface area (Å²) in [6.45, 7) is 0. The molecule has 2 aromatic carbocycles. The van der Waals surface area contributed by atoms with E-state index >= 15 is 0 Å². The molecule has 0 saturated carbocycles. The Balaban J connectivity index is 1.68. The lowest BCUT2D eigenvalue weighted by Gasteiger charge is -2.08. The van der Waals surface area contributed by atoms with Crippen molar-refractivity contribution in [1.29, 1.82) is 0 Å². The molecule has 24 heavy (non-hydrogen) atoms. The van der Waals surface area contributed by atoms with Crippen molar-refractivity contribution >= 4 is 27.7 Å². The van der Waals surface area contributed by atoms with Crippen LogP contribution in [0, 0.1) is 0 Å². The van der Waals surface area contributed by atoms with Gasteiger partial charge in [0, 0.05) is 28.1 Å². The number of halogens is 1. The summed E-state index contributed by atoms with van der Waals surface area (Å²) >= 11 is 3.32. The van der Waals surface area contributed by atoms with E-state index in [1.165, 1.54) is 10.6 Å². The maximum Gasteiger partial charge on any atom is 0.417 e. The van der Waals surface area contributed by atoms with Crippen molar-refractivity contribution in [1.82, 2.24) is 4.57 Å². The highest BCUT2D eigenvalue weighted by Crippen LogP contribution is 2.17. The molecule has 0 radical (unpaired) electrons. The number of rotatable bonds is 3. The summed E-state index contributed by atoms with van der Waals surface area (Å²) in [4.78, 5) is 23.7. The molecule has 0 atom stereocenters. The van der Waals surface area contributed by atoms with Gasteiger partial charge in [-0.15, -0.1) is 0 Å². The molecule has 3 rings (SSSR count). The zero-order valence-corrected chi connectivity index (χ0v) is 14.1. The molecular weight excluding hydrogens is 372 g/mol. The van der Waals surface area contributed by atoms with Gasteiger partial charge in [-0.05, 0) is 54.6 Å². The fourth-order valence-electron chi connectivity index (χ4n) is 2.10. The van der Waals surface area contributed by atoms with Crippen LogP contribution in [0.3, 0.4) is 0 Å². The van der Waals surface area contributed by atoms with Crippen molar-refractivity contribution < 1.29 is 9.53 Å². The van der Waals surface area contributed by atoms with Gasteiger partial charge >= 0.3 is 6.09 Å². The number of carbonyl (C=O) groups is 1. The van der Waals surface area contributed by atoms with E-state index in [1.807, 2.05) is 0 Å². The molecule has 3 aromatic rings. The second kappa shape index (κ2) is 7.14. The second-order valence-corrected chi connectivity index (χ2v) is 5.84. The third kappa shape index (κ3) is 3.91. The summed E-state index contributed by atoms with van der Waals surface area (Å²) in [5, 5.41) is 2.64. The molecule has 0 spiro atoms. The largest absolute Gasteiger partial charge is 0.417 e. The number of nitrogens with zero attached hydrogens (tertiary/aromatic N) is 1. The number of pyridine rings is 1. The van der Waals surface area contributed by atoms with Crippen molar-refractivity contribution in [2.24, 2.45) is 0 Å². The van der Waals surface area contributed by atoms with Crippen LogP contribution in [0.15, 0.2) is 82.2 Å². The summed E-state index contributed by atoms with van der Waals surface area (Å²) in [6, 6.07) is 18.8. The molecule has 1 heterocycles. The highest BCUT2D eigenvalue weighted by atomic mass is 79.9. The normalized spacial score (nSPS) is 10.2. The molecule has 0 saturated heterocycles. The first-order chi connectivity index (χ1) is 11.6. The minimum absolute atomic E-state index is 0.118. The highest BCUT2D eigenvalue weighted by molar-refractivity contribution is 9.10. The van der Waals surface area contributed by atoms with Gasteiger partial charge in [0.25, 0.3) is 5.56 Å². The van der Waals surface area contributed by atoms with Crippen molar-refractivity contribution in [3.63, 3.8) is 0 Å². The van der Waals surface area contributed by atoms with E-state index < -0.39 is 6.09 Å². The molecule has 0 aliphatic rings. The highest BCUT2D eigenvalue weighted by Gasteiger charge is 2.06. The van der Waals surface area contributed by atoms with Gasteiger partial charge in [-0.2, -0.15) is 0 Å². The van der Waals surface area contributed by atoms with Crippen LogP contribution < -0.4 is 15.6 Å². The number of aromatic nitrogens is 1. The van der Waals surface area contributed by atoms with Gasteiger partial charge in [0.05, 0.1) is 0 Å². The zero-order valence-electron chi connectivity index (χ0n) is 12.5. The number of hydrogen-bond acceptors (Lipinski definition) is 3. The topological polar surface area (TPSA) is 60.3 Å². The average molecular weight is 385 g/mol. The van der Waals surface area contributed by atoms with Crippen LogP contribution in [0.25, 0.3) is 5.69 Å². The average Bonchev–Trinajstić information content (AvgIpc) is 2.58. The second-order valence-electron chi connectivity index (χ2n) is 4.92. The SMILES string of the molecule is O=C(Nc1ccc(-n2ccccc2=O)cc1)Oc1ccc(Br)cc1. The van der Waals surface area contributed by atoms with Crippen molar-refractivity contribution in [3.05, 3.63) is 87.8 Å². The van der Waals surface area contributed by atoms with E-state index in [2.05, 4.69) is 21.2 Å². The number of nitrogens with one attached hydrogen (secondary N) is 1. The Kier molecular flexibility index (Phi) is 4.77. The van der Waals surface area contributed by atoms with Gasteiger partial charge < -0.3 is 4.74 Å². The third-order valence-corrected chi connectivity index (χ3v) is 3.77. The van der Waals surface area contributed by atoms with E-state index in [9.17, 15) is 9.59 Å². The third-order valence-electron chi connectivity index (χ3n) is 3.24. The predicted octanol–water partition coefficient (Wildman–Crippen LogP) is 4.21. The van der Waals surface area contributed by atoms with Gasteiger partial charge in [0.15, 0.2) is 0 Å². The number of ether oxygens (including phenoxy) is 1. The Morgan fingerprint density at radius 2 is 1.67 bits per heavy atom. The Labute approximate surface area is 146 Å². The van der Waals surface area contributed by atoms with Crippen molar-refractivity contribution in [3.8, 4) is 11.4 Å². The Hall–Kier alpha value is -2.86. The summed E-state index contributed by atoms with van der Waals surface area (Å²) < 4.78 is 7.60. The molecule has 1 aromatic heterocycles. The summed E-state index contributed by atoms with van der Waals surface area (Å²) in [7, 11) is 0. The van der Waals surface area contributed by atoms with Crippen LogP contribution in [0.5, 0.6) is 5.75 Å². The first kappa shape index (κ1) is 16.0. The van der Waals surface area contributed by atoms with Gasteiger partial charge in [-0.1, -0.05) is 22.0 Å². The number of anilines is 1. The minimum atomic E-state index is -0.582. The van der Waals surface area contributed by atoms with Gasteiger partial charge in [-0.3, -0.25) is 14.7 Å². The number of amides is 1. The molecule has 0 aliphatic carbocycles. The fourth-order valence-corrected chi connectivity index (χ4v) is 2.36. The standard InChI is InChI=1S/C18H13BrN2O3/c19-13-4-10-16(11-5-13)24-18(23)20-14-6-8-15(9-7-14)21-12-2-1-3-17(21)22/h1-12H,(H,20,23). The number of carbonyl (C=O) groups excluding carboxylic acids is 1. The first-order valence-corrected chi connectivity index (χ1v) is 7.94. The minimum Gasteiger partial charge on any atom is -0.410 e. The molecule has 120 valence electrons. The molecule has 1 amide bonds. The molecule has 5 nitrogen and oxygen atoms in total. The van der Waals surface area contributed by atoms with E-state index in [0.29, 0.717) is 17.1 Å². The van der Waals surface area contributed by atoms with Crippen LogP contribution in [0.2, 0.25) is 0 Å². The molecule has 0 aliphatic heterocycles. The maximum absolute atomic E-state index is 11.9. The smallest absolute Gasteiger partial charge is 0.410 e. The molecule has 6 heteroatoms. The maximum atomic E-state index is 11.9. The first-order valence-electron chi connectivity index (χ1n) is 7.14. The van der Waals surface area contributed by atoms with E-state index in [4.69, 9.17) is 4.74 Å². The zero-order chi connectivity index (χ0) is 16.9. The van der Waals surface area contributed by atoms with Crippen LogP contribution in [-0.4, -0.2) is 10.7 Å².